The second kappa shape index (κ2) is 7.58. The van der Waals surface area contributed by atoms with Crippen molar-refractivity contribution in [2.45, 2.75) is 27.2 Å². The molecule has 0 atom stereocenters. The number of ether oxygens (including phenoxy) is 1. The lowest BCUT2D eigenvalue weighted by Crippen LogP contribution is -2.23. The van der Waals surface area contributed by atoms with Gasteiger partial charge in [-0.05, 0) is 36.6 Å². The molecule has 0 spiro atoms. The highest BCUT2D eigenvalue weighted by Crippen LogP contribution is 2.15. The Bertz CT molecular complexity index is 371. The molecule has 0 radical (unpaired) electrons. The van der Waals surface area contributed by atoms with Crippen LogP contribution in [0.3, 0.4) is 0 Å². The first kappa shape index (κ1) is 14.4. The molecule has 0 aliphatic heterocycles. The van der Waals surface area contributed by atoms with E-state index in [2.05, 4.69) is 31.1 Å². The average molecular weight is 249 g/mol. The first-order valence-electron chi connectivity index (χ1n) is 6.41. The number of hydrogen-bond acceptors (Lipinski definition) is 2. The van der Waals surface area contributed by atoms with E-state index < -0.39 is 0 Å². The van der Waals surface area contributed by atoms with E-state index in [1.807, 2.05) is 24.3 Å². The van der Waals surface area contributed by atoms with Gasteiger partial charge in [0.2, 0.25) is 0 Å². The lowest BCUT2D eigenvalue weighted by Gasteiger charge is -2.08. The van der Waals surface area contributed by atoms with Gasteiger partial charge in [-0.1, -0.05) is 20.8 Å². The van der Waals surface area contributed by atoms with Crippen molar-refractivity contribution in [3.8, 4) is 5.75 Å². The van der Waals surface area contributed by atoms with Crippen LogP contribution in [0, 0.1) is 5.92 Å². The standard InChI is InChI=1S/C14H23N3O/c1-4-9-18-13-7-5-12(6-8-13)17-14(15)16-10-11(2)3/h5-8,11H,4,9-10H2,1-3H3,(H3,15,16,17). The van der Waals surface area contributed by atoms with Crippen LogP contribution < -0.4 is 15.8 Å². The monoisotopic (exact) mass is 249 g/mol. The summed E-state index contributed by atoms with van der Waals surface area (Å²) in [4.78, 5) is 4.24. The van der Waals surface area contributed by atoms with Crippen molar-refractivity contribution in [3.63, 3.8) is 0 Å². The fourth-order valence-electron chi connectivity index (χ4n) is 1.32. The number of benzene rings is 1. The van der Waals surface area contributed by atoms with Crippen LogP contribution in [0.5, 0.6) is 5.75 Å². The summed E-state index contributed by atoms with van der Waals surface area (Å²) in [5.74, 6) is 1.83. The maximum Gasteiger partial charge on any atom is 0.193 e. The fraction of sp³-hybridized carbons (Fsp3) is 0.500. The van der Waals surface area contributed by atoms with Crippen molar-refractivity contribution in [1.29, 1.82) is 0 Å². The van der Waals surface area contributed by atoms with Crippen molar-refractivity contribution in [2.24, 2.45) is 16.6 Å². The molecule has 18 heavy (non-hydrogen) atoms. The summed E-state index contributed by atoms with van der Waals surface area (Å²) in [5, 5.41) is 3.05. The van der Waals surface area contributed by atoms with Crippen LogP contribution in [0.1, 0.15) is 27.2 Å². The molecule has 0 amide bonds. The number of guanidine groups is 1. The van der Waals surface area contributed by atoms with Crippen LogP contribution in [0.4, 0.5) is 5.69 Å². The predicted molar refractivity (Wildman–Crippen MR) is 77.2 cm³/mol. The minimum Gasteiger partial charge on any atom is -0.494 e. The normalized spacial score (nSPS) is 11.7. The summed E-state index contributed by atoms with van der Waals surface area (Å²) in [6.45, 7) is 7.77. The van der Waals surface area contributed by atoms with E-state index in [0.29, 0.717) is 11.9 Å². The second-order valence-electron chi connectivity index (χ2n) is 4.62. The molecule has 0 aliphatic carbocycles. The van der Waals surface area contributed by atoms with Crippen LogP contribution in [0.25, 0.3) is 0 Å². The van der Waals surface area contributed by atoms with Crippen molar-refractivity contribution in [1.82, 2.24) is 0 Å². The molecule has 1 rings (SSSR count). The van der Waals surface area contributed by atoms with Crippen molar-refractivity contribution < 1.29 is 4.74 Å². The van der Waals surface area contributed by atoms with Gasteiger partial charge in [-0.3, -0.25) is 4.99 Å². The van der Waals surface area contributed by atoms with Gasteiger partial charge in [0.25, 0.3) is 0 Å². The third-order valence-corrected chi connectivity index (χ3v) is 2.23. The molecule has 0 bridgehead atoms. The minimum absolute atomic E-state index is 0.450. The van der Waals surface area contributed by atoms with Gasteiger partial charge in [0, 0.05) is 12.2 Å². The van der Waals surface area contributed by atoms with E-state index in [0.717, 1.165) is 31.0 Å². The highest BCUT2D eigenvalue weighted by Gasteiger charge is 1.97. The quantitative estimate of drug-likeness (QED) is 0.602. The Labute approximate surface area is 109 Å². The first-order chi connectivity index (χ1) is 8.61. The maximum atomic E-state index is 5.78. The largest absolute Gasteiger partial charge is 0.494 e. The average Bonchev–Trinajstić information content (AvgIpc) is 2.35. The Balaban J connectivity index is 2.50. The lowest BCUT2D eigenvalue weighted by molar-refractivity contribution is 0.317. The van der Waals surface area contributed by atoms with Crippen molar-refractivity contribution in [2.75, 3.05) is 18.5 Å². The van der Waals surface area contributed by atoms with E-state index in [4.69, 9.17) is 10.5 Å². The highest BCUT2D eigenvalue weighted by atomic mass is 16.5. The molecular formula is C14H23N3O. The molecule has 0 saturated heterocycles. The lowest BCUT2D eigenvalue weighted by atomic mass is 10.2. The van der Waals surface area contributed by atoms with Gasteiger partial charge in [-0.2, -0.15) is 0 Å². The Morgan fingerprint density at radius 3 is 2.56 bits per heavy atom. The van der Waals surface area contributed by atoms with Crippen LogP contribution in [0.15, 0.2) is 29.3 Å². The van der Waals surface area contributed by atoms with Crippen molar-refractivity contribution in [3.05, 3.63) is 24.3 Å². The first-order valence-corrected chi connectivity index (χ1v) is 6.41. The third-order valence-electron chi connectivity index (χ3n) is 2.23. The molecular weight excluding hydrogens is 226 g/mol. The summed E-state index contributed by atoms with van der Waals surface area (Å²) in [6, 6.07) is 7.72. The van der Waals surface area contributed by atoms with Gasteiger partial charge >= 0.3 is 0 Å². The van der Waals surface area contributed by atoms with Crippen molar-refractivity contribution >= 4 is 11.6 Å². The molecule has 3 N–H and O–H groups in total. The van der Waals surface area contributed by atoms with Gasteiger partial charge in [-0.15, -0.1) is 0 Å². The van der Waals surface area contributed by atoms with Crippen LogP contribution in [-0.2, 0) is 0 Å². The number of aliphatic imine (C=N–C) groups is 1. The Morgan fingerprint density at radius 1 is 1.33 bits per heavy atom. The van der Waals surface area contributed by atoms with Crippen LogP contribution in [0.2, 0.25) is 0 Å². The zero-order valence-corrected chi connectivity index (χ0v) is 11.4. The molecule has 0 unspecified atom stereocenters. The van der Waals surface area contributed by atoms with Gasteiger partial charge in [0.05, 0.1) is 6.61 Å². The molecule has 0 fully saturated rings. The number of nitrogens with zero attached hydrogens (tertiary/aromatic N) is 1. The SMILES string of the molecule is CCCOc1ccc(NC(N)=NCC(C)C)cc1. The molecule has 4 nitrogen and oxygen atoms in total. The Morgan fingerprint density at radius 2 is 2.00 bits per heavy atom. The summed E-state index contributed by atoms with van der Waals surface area (Å²) in [5.41, 5.74) is 6.70. The summed E-state index contributed by atoms with van der Waals surface area (Å²) in [6.07, 6.45) is 1.01. The Kier molecular flexibility index (Phi) is 6.05. The second-order valence-corrected chi connectivity index (χ2v) is 4.62. The summed E-state index contributed by atoms with van der Waals surface area (Å²) in [7, 11) is 0. The molecule has 100 valence electrons. The molecule has 1 aromatic rings. The van der Waals surface area contributed by atoms with E-state index in [9.17, 15) is 0 Å². The summed E-state index contributed by atoms with van der Waals surface area (Å²) >= 11 is 0. The maximum absolute atomic E-state index is 5.78. The minimum atomic E-state index is 0.450. The third kappa shape index (κ3) is 5.57. The Hall–Kier alpha value is -1.71. The molecule has 4 heteroatoms. The van der Waals surface area contributed by atoms with E-state index in [1.165, 1.54) is 0 Å². The molecule has 0 heterocycles. The zero-order valence-electron chi connectivity index (χ0n) is 11.4. The topological polar surface area (TPSA) is 59.6 Å². The zero-order chi connectivity index (χ0) is 13.4. The van der Waals surface area contributed by atoms with Gasteiger partial charge in [-0.25, -0.2) is 0 Å². The summed E-state index contributed by atoms with van der Waals surface area (Å²) < 4.78 is 5.50. The van der Waals surface area contributed by atoms with E-state index in [1.54, 1.807) is 0 Å². The van der Waals surface area contributed by atoms with Crippen LogP contribution in [-0.4, -0.2) is 19.1 Å². The number of anilines is 1. The predicted octanol–water partition coefficient (Wildman–Crippen LogP) is 2.86. The molecule has 0 saturated carbocycles. The number of rotatable bonds is 6. The number of nitrogens with two attached hydrogens (primary N) is 1. The van der Waals surface area contributed by atoms with E-state index in [-0.39, 0.29) is 0 Å². The fourth-order valence-corrected chi connectivity index (χ4v) is 1.32. The smallest absolute Gasteiger partial charge is 0.193 e. The molecule has 0 aliphatic rings. The molecule has 1 aromatic carbocycles. The number of nitrogens with one attached hydrogen (secondary N) is 1. The highest BCUT2D eigenvalue weighted by molar-refractivity contribution is 5.92. The number of hydrogen-bond donors (Lipinski definition) is 2. The van der Waals surface area contributed by atoms with Gasteiger partial charge in [0.1, 0.15) is 5.75 Å². The van der Waals surface area contributed by atoms with E-state index >= 15 is 0 Å². The van der Waals surface area contributed by atoms with Crippen LogP contribution >= 0.6 is 0 Å². The van der Waals surface area contributed by atoms with Gasteiger partial charge < -0.3 is 15.8 Å². The molecule has 0 aromatic heterocycles. The van der Waals surface area contributed by atoms with Gasteiger partial charge in [0.15, 0.2) is 5.96 Å².